The van der Waals surface area contributed by atoms with E-state index in [0.29, 0.717) is 0 Å². The Hall–Kier alpha value is -1.79. The minimum atomic E-state index is -1.11. The fourth-order valence-corrected chi connectivity index (χ4v) is 1.21. The van der Waals surface area contributed by atoms with Crippen LogP contribution in [-0.4, -0.2) is 42.8 Å². The lowest BCUT2D eigenvalue weighted by Gasteiger charge is -2.27. The lowest BCUT2D eigenvalue weighted by atomic mass is 9.87. The highest BCUT2D eigenvalue weighted by Crippen LogP contribution is 2.19. The molecule has 0 fully saturated rings. The summed E-state index contributed by atoms with van der Waals surface area (Å²) in [4.78, 5) is 33.2. The number of esters is 1. The van der Waals surface area contributed by atoms with Crippen LogP contribution >= 0.6 is 0 Å². The number of nitrogens with one attached hydrogen (secondary N) is 2. The molecule has 0 heterocycles. The maximum Gasteiger partial charge on any atom is 0.326 e. The number of carboxylic acids is 1. The summed E-state index contributed by atoms with van der Waals surface area (Å²) < 4.78 is 4.40. The molecule has 18 heavy (non-hydrogen) atoms. The SMILES string of the molecule is COC(=O)CCNC(=O)N[C@H](C(=O)O)C(C)(C)C. The molecule has 0 unspecified atom stereocenters. The van der Waals surface area contributed by atoms with E-state index in [-0.39, 0.29) is 13.0 Å². The van der Waals surface area contributed by atoms with Gasteiger partial charge in [0.1, 0.15) is 6.04 Å². The number of carbonyl (C=O) groups is 3. The Labute approximate surface area is 106 Å². The van der Waals surface area contributed by atoms with Crippen LogP contribution in [-0.2, 0) is 14.3 Å². The molecule has 0 aromatic heterocycles. The zero-order chi connectivity index (χ0) is 14.3. The number of carboxylic acid groups (broad SMARTS) is 1. The minimum Gasteiger partial charge on any atom is -0.480 e. The molecule has 1 atom stereocenters. The van der Waals surface area contributed by atoms with Gasteiger partial charge in [-0.1, -0.05) is 20.8 Å². The van der Waals surface area contributed by atoms with E-state index in [1.54, 1.807) is 20.8 Å². The van der Waals surface area contributed by atoms with Gasteiger partial charge in [0, 0.05) is 6.54 Å². The Morgan fingerprint density at radius 2 is 1.83 bits per heavy atom. The van der Waals surface area contributed by atoms with Gasteiger partial charge in [-0.15, -0.1) is 0 Å². The molecule has 0 aliphatic carbocycles. The summed E-state index contributed by atoms with van der Waals surface area (Å²) in [6.45, 7) is 5.22. The first-order chi connectivity index (χ1) is 8.18. The van der Waals surface area contributed by atoms with Crippen LogP contribution in [0.1, 0.15) is 27.2 Å². The Morgan fingerprint density at radius 1 is 1.28 bits per heavy atom. The highest BCUT2D eigenvalue weighted by Gasteiger charge is 2.32. The third-order valence-corrected chi connectivity index (χ3v) is 2.23. The number of aliphatic carboxylic acids is 1. The molecule has 0 aliphatic rings. The zero-order valence-corrected chi connectivity index (χ0v) is 11.1. The second-order valence-electron chi connectivity index (χ2n) is 4.86. The monoisotopic (exact) mass is 260 g/mol. The summed E-state index contributed by atoms with van der Waals surface area (Å²) in [7, 11) is 1.25. The second-order valence-corrected chi connectivity index (χ2v) is 4.86. The maximum absolute atomic E-state index is 11.4. The molecular weight excluding hydrogens is 240 g/mol. The van der Waals surface area contributed by atoms with Gasteiger partial charge in [0.25, 0.3) is 0 Å². The van der Waals surface area contributed by atoms with Crippen molar-refractivity contribution in [2.45, 2.75) is 33.2 Å². The molecular formula is C11H20N2O5. The fraction of sp³-hybridized carbons (Fsp3) is 0.727. The van der Waals surface area contributed by atoms with Crippen LogP contribution in [0.4, 0.5) is 4.79 Å². The van der Waals surface area contributed by atoms with Crippen molar-refractivity contribution in [2.24, 2.45) is 5.41 Å². The van der Waals surface area contributed by atoms with Crippen molar-refractivity contribution >= 4 is 18.0 Å². The topological polar surface area (TPSA) is 105 Å². The van der Waals surface area contributed by atoms with Gasteiger partial charge in [-0.25, -0.2) is 9.59 Å². The van der Waals surface area contributed by atoms with Crippen molar-refractivity contribution < 1.29 is 24.2 Å². The quantitative estimate of drug-likeness (QED) is 0.618. The van der Waals surface area contributed by atoms with Crippen molar-refractivity contribution in [3.63, 3.8) is 0 Å². The van der Waals surface area contributed by atoms with E-state index in [9.17, 15) is 14.4 Å². The first-order valence-electron chi connectivity index (χ1n) is 5.52. The van der Waals surface area contributed by atoms with Crippen LogP contribution in [0.3, 0.4) is 0 Å². The highest BCUT2D eigenvalue weighted by atomic mass is 16.5. The van der Waals surface area contributed by atoms with E-state index < -0.39 is 29.4 Å². The van der Waals surface area contributed by atoms with Crippen LogP contribution in [0.15, 0.2) is 0 Å². The van der Waals surface area contributed by atoms with E-state index in [1.807, 2.05) is 0 Å². The van der Waals surface area contributed by atoms with Gasteiger partial charge in [-0.05, 0) is 5.41 Å². The number of carbonyl (C=O) groups excluding carboxylic acids is 2. The van der Waals surface area contributed by atoms with E-state index in [2.05, 4.69) is 15.4 Å². The summed E-state index contributed by atoms with van der Waals surface area (Å²) >= 11 is 0. The fourth-order valence-electron chi connectivity index (χ4n) is 1.21. The van der Waals surface area contributed by atoms with Gasteiger partial charge in [0.2, 0.25) is 0 Å². The average molecular weight is 260 g/mol. The van der Waals surface area contributed by atoms with Gasteiger partial charge < -0.3 is 20.5 Å². The molecule has 0 saturated carbocycles. The predicted octanol–water partition coefficient (Wildman–Crippen LogP) is 0.348. The molecule has 2 amide bonds. The summed E-state index contributed by atoms with van der Waals surface area (Å²) in [6, 6.07) is -1.63. The Kier molecular flexibility index (Phi) is 6.15. The normalized spacial score (nSPS) is 12.4. The molecule has 0 radical (unpaired) electrons. The Bertz CT molecular complexity index is 322. The number of hydrogen-bond acceptors (Lipinski definition) is 4. The first-order valence-corrected chi connectivity index (χ1v) is 5.52. The minimum absolute atomic E-state index is 0.0389. The number of methoxy groups -OCH3 is 1. The molecule has 0 rings (SSSR count). The third kappa shape index (κ3) is 6.07. The third-order valence-electron chi connectivity index (χ3n) is 2.23. The number of rotatable bonds is 5. The standard InChI is InChI=1S/C11H20N2O5/c1-11(2,3)8(9(15)16)13-10(17)12-6-5-7(14)18-4/h8H,5-6H2,1-4H3,(H,15,16)(H2,12,13,17)/t8-/m1/s1. The number of hydrogen-bond donors (Lipinski definition) is 3. The van der Waals surface area contributed by atoms with E-state index in [1.165, 1.54) is 7.11 Å². The Morgan fingerprint density at radius 3 is 2.22 bits per heavy atom. The van der Waals surface area contributed by atoms with Gasteiger partial charge in [0.05, 0.1) is 13.5 Å². The van der Waals surface area contributed by atoms with Crippen molar-refractivity contribution in [1.29, 1.82) is 0 Å². The lowest BCUT2D eigenvalue weighted by Crippen LogP contribution is -2.52. The van der Waals surface area contributed by atoms with Gasteiger partial charge in [0.15, 0.2) is 0 Å². The number of ether oxygens (including phenoxy) is 1. The molecule has 0 aromatic carbocycles. The number of amides is 2. The molecule has 104 valence electrons. The van der Waals surface area contributed by atoms with Gasteiger partial charge in [-0.2, -0.15) is 0 Å². The summed E-state index contributed by atoms with van der Waals surface area (Å²) in [5.74, 6) is -1.55. The molecule has 0 saturated heterocycles. The van der Waals surface area contributed by atoms with Crippen LogP contribution in [0.25, 0.3) is 0 Å². The largest absolute Gasteiger partial charge is 0.480 e. The summed E-state index contributed by atoms with van der Waals surface area (Å²) in [5, 5.41) is 13.7. The molecule has 3 N–H and O–H groups in total. The van der Waals surface area contributed by atoms with Crippen molar-refractivity contribution in [3.8, 4) is 0 Å². The molecule has 0 bridgehead atoms. The van der Waals surface area contributed by atoms with Crippen molar-refractivity contribution in [1.82, 2.24) is 10.6 Å². The predicted molar refractivity (Wildman–Crippen MR) is 64.0 cm³/mol. The van der Waals surface area contributed by atoms with E-state index in [4.69, 9.17) is 5.11 Å². The van der Waals surface area contributed by atoms with Gasteiger partial charge in [-0.3, -0.25) is 4.79 Å². The van der Waals surface area contributed by atoms with E-state index in [0.717, 1.165) is 0 Å². The molecule has 0 spiro atoms. The number of urea groups is 1. The van der Waals surface area contributed by atoms with Crippen LogP contribution in [0.5, 0.6) is 0 Å². The maximum atomic E-state index is 11.4. The lowest BCUT2D eigenvalue weighted by molar-refractivity contribution is -0.142. The molecule has 0 aliphatic heterocycles. The van der Waals surface area contributed by atoms with Crippen molar-refractivity contribution in [3.05, 3.63) is 0 Å². The summed E-state index contributed by atoms with van der Waals surface area (Å²) in [5.41, 5.74) is -0.606. The van der Waals surface area contributed by atoms with Crippen LogP contribution in [0.2, 0.25) is 0 Å². The first kappa shape index (κ1) is 16.2. The smallest absolute Gasteiger partial charge is 0.326 e. The van der Waals surface area contributed by atoms with Crippen LogP contribution < -0.4 is 10.6 Å². The molecule has 7 nitrogen and oxygen atoms in total. The molecule has 0 aromatic rings. The average Bonchev–Trinajstić information content (AvgIpc) is 2.23. The van der Waals surface area contributed by atoms with E-state index >= 15 is 0 Å². The van der Waals surface area contributed by atoms with Crippen molar-refractivity contribution in [2.75, 3.05) is 13.7 Å². The second kappa shape index (κ2) is 6.83. The molecule has 7 heteroatoms. The zero-order valence-electron chi connectivity index (χ0n) is 11.1. The van der Waals surface area contributed by atoms with Gasteiger partial charge >= 0.3 is 18.0 Å². The summed E-state index contributed by atoms with van der Waals surface area (Å²) in [6.07, 6.45) is 0.0389. The highest BCUT2D eigenvalue weighted by molar-refractivity contribution is 5.83. The van der Waals surface area contributed by atoms with Crippen LogP contribution in [0, 0.1) is 5.41 Å². The Balaban J connectivity index is 4.20.